The molecule has 0 atom stereocenters. The minimum atomic E-state index is 0.0785. The van der Waals surface area contributed by atoms with Gasteiger partial charge in [-0.3, -0.25) is 15.0 Å². The quantitative estimate of drug-likeness (QED) is 0.102. The van der Waals surface area contributed by atoms with Gasteiger partial charge in [0.2, 0.25) is 0 Å². The fourth-order valence-electron chi connectivity index (χ4n) is 32.4. The largest absolute Gasteiger partial charge is 0.310 e. The highest BCUT2D eigenvalue weighted by atomic mass is 15.2. The monoisotopic (exact) mass is 1870 g/mol. The topological polar surface area (TPSA) is 48.4 Å². The molecule has 3 aromatic heterocycles. The summed E-state index contributed by atoms with van der Waals surface area (Å²) in [5.41, 5.74) is 45.2. The number of para-hydroxylation sites is 1. The second-order valence-corrected chi connectivity index (χ2v) is 44.5. The van der Waals surface area contributed by atoms with Crippen LogP contribution in [0.2, 0.25) is 0 Å². The fourth-order valence-corrected chi connectivity index (χ4v) is 32.4. The van der Waals surface area contributed by atoms with Crippen LogP contribution in [0, 0.1) is 71.0 Å². The molecule has 15 aliphatic carbocycles. The predicted octanol–water partition coefficient (Wildman–Crippen LogP) is 36.0. The van der Waals surface area contributed by atoms with Crippen molar-refractivity contribution >= 4 is 62.1 Å². The van der Waals surface area contributed by atoms with Crippen molar-refractivity contribution in [3.8, 4) is 100 Å². The maximum absolute atomic E-state index is 4.61. The lowest BCUT2D eigenvalue weighted by Gasteiger charge is -2.61. The Kier molecular flexibility index (Phi) is 20.8. The van der Waals surface area contributed by atoms with E-state index in [1.807, 2.05) is 31.0 Å². The lowest BCUT2D eigenvalue weighted by Crippen LogP contribution is -2.55. The first-order valence-corrected chi connectivity index (χ1v) is 53.8. The van der Waals surface area contributed by atoms with Gasteiger partial charge in [0.05, 0.1) is 11.2 Å². The van der Waals surface area contributed by atoms with Gasteiger partial charge in [0.25, 0.3) is 0 Å². The van der Waals surface area contributed by atoms with Crippen molar-refractivity contribution in [3.63, 3.8) is 0 Å². The predicted molar refractivity (Wildman–Crippen MR) is 597 cm³/mol. The molecule has 0 unspecified atom stereocenters. The molecule has 3 spiro atoms. The lowest BCUT2D eigenvalue weighted by molar-refractivity contribution is -0.0399. The zero-order valence-electron chi connectivity index (χ0n) is 81.9. The number of fused-ring (bicyclic) bond motifs is 10. The van der Waals surface area contributed by atoms with Crippen LogP contribution in [0.1, 0.15) is 130 Å². The van der Waals surface area contributed by atoms with Gasteiger partial charge in [-0.2, -0.15) is 0 Å². The van der Waals surface area contributed by atoms with E-state index in [0.29, 0.717) is 11.8 Å². The molecule has 3 heterocycles. The minimum absolute atomic E-state index is 0.0785. The van der Waals surface area contributed by atoms with E-state index in [-0.39, 0.29) is 16.2 Å². The Hall–Kier alpha value is -15.4. The van der Waals surface area contributed by atoms with E-state index in [4.69, 9.17) is 0 Å². The third-order valence-corrected chi connectivity index (χ3v) is 37.4. The standard InChI is InChI=1S/C49H40N2.2C45H38N2/c1-2-8-34(9-3-1)35-14-18-39(19-15-35)51(40-20-16-36(17-21-40)42-24-25-50-48-13-7-5-11-44(42)48)41-22-23-47-45(31-41)43-10-4-6-12-46(43)49(47)37-27-32-26-33(29-37)30-38(49)28-32;1-2-7-32(8-3-1)33-13-17-38(18-14-33)47(39-19-15-34(16-20-39)35-21-23-46-24-22-35)43-12-6-10-41-40-9-4-5-11-42(40)45(44(41)43)36-26-30-25-31(28-36)29-37(45)27-30;1-2-6-32(7-3-1)33-10-14-38(15-11-33)47(39-16-12-34(13-17-39)35-20-22-46-23-21-35)40-18-19-44-42(29-40)41-8-4-5-9-43(41)45(44)36-25-30-24-31(27-36)28-37(45)26-30/h1-25,31-33,37-38H,26-30H2;1-24,30-31,36-37H,25-29H2;1-23,29-31,36-37H,24-28H2. The summed E-state index contributed by atoms with van der Waals surface area (Å²) in [6, 6.07) is 156. The Bertz CT molecular complexity index is 7840. The number of rotatable bonds is 15. The molecule has 15 aliphatic rings. The van der Waals surface area contributed by atoms with Crippen LogP contribution in [0.5, 0.6) is 0 Å². The summed E-state index contributed by atoms with van der Waals surface area (Å²) in [7, 11) is 0. The Balaban J connectivity index is 0.000000103. The summed E-state index contributed by atoms with van der Waals surface area (Å²) in [5, 5.41) is 1.18. The number of hydrogen-bond donors (Lipinski definition) is 0. The first-order valence-electron chi connectivity index (χ1n) is 53.8. The van der Waals surface area contributed by atoms with Crippen LogP contribution in [-0.2, 0) is 16.2 Å². The van der Waals surface area contributed by atoms with Gasteiger partial charge < -0.3 is 14.7 Å². The highest BCUT2D eigenvalue weighted by Gasteiger charge is 2.65. The van der Waals surface area contributed by atoms with E-state index < -0.39 is 0 Å². The first-order chi connectivity index (χ1) is 71.8. The zero-order valence-corrected chi connectivity index (χ0v) is 81.9. The second-order valence-electron chi connectivity index (χ2n) is 44.5. The summed E-state index contributed by atoms with van der Waals surface area (Å²) in [5.74, 6) is 10.1. The van der Waals surface area contributed by atoms with Gasteiger partial charge in [0, 0.05) is 98.1 Å². The van der Waals surface area contributed by atoms with E-state index in [1.54, 1.807) is 33.4 Å². The van der Waals surface area contributed by atoms with Crippen LogP contribution in [-0.4, -0.2) is 15.0 Å². The summed E-state index contributed by atoms with van der Waals surface area (Å²) >= 11 is 0. The molecule has 12 fully saturated rings. The van der Waals surface area contributed by atoms with E-state index in [9.17, 15) is 0 Å². The summed E-state index contributed by atoms with van der Waals surface area (Å²) in [6.07, 6.45) is 30.6. The van der Waals surface area contributed by atoms with Crippen LogP contribution >= 0.6 is 0 Å². The van der Waals surface area contributed by atoms with Gasteiger partial charge in [0.15, 0.2) is 0 Å². The molecular weight excluding hydrogens is 1750 g/mol. The van der Waals surface area contributed by atoms with Gasteiger partial charge in [-0.05, 0) is 440 Å². The van der Waals surface area contributed by atoms with Gasteiger partial charge in [-0.1, -0.05) is 279 Å². The van der Waals surface area contributed by atoms with Gasteiger partial charge in [-0.25, -0.2) is 0 Å². The van der Waals surface area contributed by atoms with Gasteiger partial charge >= 0.3 is 0 Å². The van der Waals surface area contributed by atoms with E-state index >= 15 is 0 Å². The van der Waals surface area contributed by atoms with Crippen molar-refractivity contribution in [2.75, 3.05) is 14.7 Å². The molecule has 0 radical (unpaired) electrons. The van der Waals surface area contributed by atoms with Gasteiger partial charge in [0.1, 0.15) is 0 Å². The Morgan fingerprint density at radius 1 is 0.179 bits per heavy atom. The molecular formula is C139H116N6. The smallest absolute Gasteiger partial charge is 0.0708 e. The minimum Gasteiger partial charge on any atom is -0.310 e. The normalized spacial score (nSPS) is 24.4. The van der Waals surface area contributed by atoms with Crippen LogP contribution < -0.4 is 14.7 Å². The molecule has 702 valence electrons. The molecule has 34 rings (SSSR count). The number of pyridine rings is 3. The number of anilines is 9. The fraction of sp³-hybridized carbons (Fsp3) is 0.216. The summed E-state index contributed by atoms with van der Waals surface area (Å²) in [6.45, 7) is 0. The molecule has 6 nitrogen and oxygen atoms in total. The van der Waals surface area contributed by atoms with Crippen LogP contribution in [0.3, 0.4) is 0 Å². The summed E-state index contributed by atoms with van der Waals surface area (Å²) in [4.78, 5) is 20.5. The molecule has 145 heavy (non-hydrogen) atoms. The molecule has 16 aromatic carbocycles. The van der Waals surface area contributed by atoms with Crippen molar-refractivity contribution in [1.29, 1.82) is 0 Å². The number of nitrogens with zero attached hydrogens (tertiary/aromatic N) is 6. The van der Waals surface area contributed by atoms with Crippen molar-refractivity contribution in [1.82, 2.24) is 15.0 Å². The lowest BCUT2D eigenvalue weighted by atomic mass is 9.43. The zero-order chi connectivity index (χ0) is 95.4. The van der Waals surface area contributed by atoms with Crippen molar-refractivity contribution in [2.45, 2.75) is 113 Å². The average molecular weight is 1870 g/mol. The van der Waals surface area contributed by atoms with Crippen molar-refractivity contribution < 1.29 is 0 Å². The molecule has 0 aliphatic heterocycles. The highest BCUT2D eigenvalue weighted by molar-refractivity contribution is 5.97. The Morgan fingerprint density at radius 3 is 0.828 bits per heavy atom. The van der Waals surface area contributed by atoms with Crippen molar-refractivity contribution in [3.05, 3.63) is 483 Å². The molecule has 0 amide bonds. The molecule has 12 saturated carbocycles. The first kappa shape index (κ1) is 86.3. The number of aromatic nitrogens is 3. The highest BCUT2D eigenvalue weighted by Crippen LogP contribution is 2.74. The van der Waals surface area contributed by atoms with Gasteiger partial charge in [-0.15, -0.1) is 0 Å². The Morgan fingerprint density at radius 2 is 0.455 bits per heavy atom. The van der Waals surface area contributed by atoms with E-state index in [2.05, 4.69) is 448 Å². The molecule has 19 aromatic rings. The molecule has 0 saturated heterocycles. The molecule has 6 heteroatoms. The third-order valence-electron chi connectivity index (χ3n) is 37.4. The molecule has 0 N–H and O–H groups in total. The van der Waals surface area contributed by atoms with E-state index in [1.165, 1.54) is 230 Å². The van der Waals surface area contributed by atoms with Crippen LogP contribution in [0.4, 0.5) is 51.2 Å². The maximum Gasteiger partial charge on any atom is 0.0708 e. The molecule has 12 bridgehead atoms. The summed E-state index contributed by atoms with van der Waals surface area (Å²) < 4.78 is 0. The SMILES string of the molecule is c1ccc(-c2ccc(N(c3ccc(-c4ccnc5ccccc45)cc3)c3ccc4c(c3)-c3ccccc3C43C4CC5CC(C4)CC3C5)cc2)cc1.c1ccc(-c2ccc(N(c3ccc(-c4ccncc4)cc3)c3ccc4c(c3)-c3ccccc3C43C4CC5CC(C4)CC3C5)cc2)cc1.c1ccc(-c2ccc(N(c3ccc(-c4ccncc4)cc3)c3cccc4c3C3(c5ccccc5-4)C4CC5CC(C4)CC3C5)cc2)cc1. The maximum atomic E-state index is 4.61. The second kappa shape index (κ2) is 35.0. The van der Waals surface area contributed by atoms with Crippen LogP contribution in [0.15, 0.2) is 450 Å². The number of hydrogen-bond acceptors (Lipinski definition) is 6. The Labute approximate surface area is 852 Å². The van der Waals surface area contributed by atoms with Crippen molar-refractivity contribution in [2.24, 2.45) is 71.0 Å². The average Bonchev–Trinajstić information content (AvgIpc) is 1.52. The number of benzene rings is 16. The van der Waals surface area contributed by atoms with Crippen LogP contribution in [0.25, 0.3) is 111 Å². The third kappa shape index (κ3) is 14.1. The van der Waals surface area contributed by atoms with E-state index in [0.717, 1.165) is 87.4 Å².